The van der Waals surface area contributed by atoms with Gasteiger partial charge in [-0.3, -0.25) is 0 Å². The van der Waals surface area contributed by atoms with Gasteiger partial charge in [0.15, 0.2) is 0 Å². The second-order valence-corrected chi connectivity index (χ2v) is 5.82. The highest BCUT2D eigenvalue weighted by Gasteiger charge is 2.21. The monoisotopic (exact) mass is 333 g/mol. The third-order valence-electron chi connectivity index (χ3n) is 3.85. The summed E-state index contributed by atoms with van der Waals surface area (Å²) >= 11 is 5.83. The predicted octanol–water partition coefficient (Wildman–Crippen LogP) is 3.83. The number of nitrogens with one attached hydrogen (secondary N) is 1. The standard InChI is InChI=1S/C17H17ClFN3O/c18-13-1-5-15(6-2-13)20-17(23)22-11-9-21(10-12-22)16-7-3-14(19)4-8-16/h1-8H,9-12H2,(H,20,23). The average Bonchev–Trinajstić information content (AvgIpc) is 2.58. The molecule has 1 aliphatic heterocycles. The van der Waals surface area contributed by atoms with Gasteiger partial charge < -0.3 is 15.1 Å². The molecule has 0 unspecified atom stereocenters. The molecule has 2 amide bonds. The Morgan fingerprint density at radius 3 is 2.17 bits per heavy atom. The molecule has 1 saturated heterocycles. The number of benzene rings is 2. The van der Waals surface area contributed by atoms with Crippen LogP contribution >= 0.6 is 11.6 Å². The van der Waals surface area contributed by atoms with Crippen LogP contribution in [-0.4, -0.2) is 37.1 Å². The summed E-state index contributed by atoms with van der Waals surface area (Å²) in [5.41, 5.74) is 1.70. The van der Waals surface area contributed by atoms with Crippen LogP contribution in [0.2, 0.25) is 5.02 Å². The summed E-state index contributed by atoms with van der Waals surface area (Å²) in [5.74, 6) is -0.241. The van der Waals surface area contributed by atoms with Crippen LogP contribution in [0.3, 0.4) is 0 Å². The zero-order valence-electron chi connectivity index (χ0n) is 12.5. The molecule has 0 bridgehead atoms. The summed E-state index contributed by atoms with van der Waals surface area (Å²) in [5, 5.41) is 3.50. The van der Waals surface area contributed by atoms with Crippen LogP contribution < -0.4 is 10.2 Å². The minimum Gasteiger partial charge on any atom is -0.368 e. The van der Waals surface area contributed by atoms with E-state index in [0.717, 1.165) is 24.5 Å². The summed E-state index contributed by atoms with van der Waals surface area (Å²) in [7, 11) is 0. The van der Waals surface area contributed by atoms with Gasteiger partial charge in [0.25, 0.3) is 0 Å². The lowest BCUT2D eigenvalue weighted by Gasteiger charge is -2.36. The minimum absolute atomic E-state index is 0.119. The third kappa shape index (κ3) is 3.93. The van der Waals surface area contributed by atoms with Crippen molar-refractivity contribution >= 4 is 29.0 Å². The predicted molar refractivity (Wildman–Crippen MR) is 90.7 cm³/mol. The van der Waals surface area contributed by atoms with Gasteiger partial charge in [0.2, 0.25) is 0 Å². The number of halogens is 2. The van der Waals surface area contributed by atoms with Gasteiger partial charge in [0.1, 0.15) is 5.82 Å². The molecule has 0 atom stereocenters. The highest BCUT2D eigenvalue weighted by atomic mass is 35.5. The fourth-order valence-electron chi connectivity index (χ4n) is 2.56. The van der Waals surface area contributed by atoms with E-state index in [1.165, 1.54) is 12.1 Å². The van der Waals surface area contributed by atoms with Crippen molar-refractivity contribution in [2.24, 2.45) is 0 Å². The van der Waals surface area contributed by atoms with Crippen molar-refractivity contribution in [3.63, 3.8) is 0 Å². The Bertz CT molecular complexity index is 667. The van der Waals surface area contributed by atoms with Gasteiger partial charge in [-0.1, -0.05) is 11.6 Å². The van der Waals surface area contributed by atoms with Crippen LogP contribution in [0.5, 0.6) is 0 Å². The number of hydrogen-bond acceptors (Lipinski definition) is 2. The molecule has 23 heavy (non-hydrogen) atoms. The van der Waals surface area contributed by atoms with E-state index in [-0.39, 0.29) is 11.8 Å². The first-order chi connectivity index (χ1) is 11.1. The first kappa shape index (κ1) is 15.6. The first-order valence-electron chi connectivity index (χ1n) is 7.44. The molecular weight excluding hydrogens is 317 g/mol. The van der Waals surface area contributed by atoms with Crippen LogP contribution in [0.1, 0.15) is 0 Å². The molecule has 1 fully saturated rings. The molecule has 0 aliphatic carbocycles. The van der Waals surface area contributed by atoms with Gasteiger partial charge in [0, 0.05) is 42.6 Å². The van der Waals surface area contributed by atoms with Gasteiger partial charge in [-0.25, -0.2) is 9.18 Å². The van der Waals surface area contributed by atoms with Gasteiger partial charge in [-0.05, 0) is 48.5 Å². The Balaban J connectivity index is 1.54. The van der Waals surface area contributed by atoms with E-state index in [4.69, 9.17) is 11.6 Å². The molecule has 1 N–H and O–H groups in total. The number of rotatable bonds is 2. The van der Waals surface area contributed by atoms with E-state index in [0.29, 0.717) is 18.1 Å². The maximum atomic E-state index is 13.0. The molecule has 120 valence electrons. The number of nitrogens with zero attached hydrogens (tertiary/aromatic N) is 2. The van der Waals surface area contributed by atoms with Gasteiger partial charge in [-0.15, -0.1) is 0 Å². The zero-order valence-corrected chi connectivity index (χ0v) is 13.3. The van der Waals surface area contributed by atoms with Crippen molar-refractivity contribution in [3.05, 3.63) is 59.4 Å². The molecule has 6 heteroatoms. The largest absolute Gasteiger partial charge is 0.368 e. The zero-order chi connectivity index (χ0) is 16.2. The number of hydrogen-bond donors (Lipinski definition) is 1. The summed E-state index contributed by atoms with van der Waals surface area (Å²) < 4.78 is 13.0. The van der Waals surface area contributed by atoms with Crippen molar-refractivity contribution in [1.29, 1.82) is 0 Å². The lowest BCUT2D eigenvalue weighted by Crippen LogP contribution is -2.50. The van der Waals surface area contributed by atoms with E-state index < -0.39 is 0 Å². The topological polar surface area (TPSA) is 35.6 Å². The molecule has 4 nitrogen and oxygen atoms in total. The molecule has 3 rings (SSSR count). The summed E-state index contributed by atoms with van der Waals surface area (Å²) in [6.45, 7) is 2.69. The lowest BCUT2D eigenvalue weighted by atomic mass is 10.2. The van der Waals surface area contributed by atoms with Crippen LogP contribution in [0.4, 0.5) is 20.6 Å². The fraction of sp³-hybridized carbons (Fsp3) is 0.235. The lowest BCUT2D eigenvalue weighted by molar-refractivity contribution is 0.208. The number of amides is 2. The molecule has 2 aromatic rings. The minimum atomic E-state index is -0.241. The molecule has 0 saturated carbocycles. The van der Waals surface area contributed by atoms with Gasteiger partial charge in [0.05, 0.1) is 0 Å². The molecule has 1 heterocycles. The summed E-state index contributed by atoms with van der Waals surface area (Å²) in [6, 6.07) is 13.3. The Morgan fingerprint density at radius 1 is 0.957 bits per heavy atom. The van der Waals surface area contributed by atoms with Crippen molar-refractivity contribution in [1.82, 2.24) is 4.90 Å². The number of carbonyl (C=O) groups is 1. The van der Waals surface area contributed by atoms with E-state index >= 15 is 0 Å². The summed E-state index contributed by atoms with van der Waals surface area (Å²) in [6.07, 6.45) is 0. The fourth-order valence-corrected chi connectivity index (χ4v) is 2.68. The molecule has 0 aromatic heterocycles. The molecular formula is C17H17ClFN3O. The number of urea groups is 1. The maximum Gasteiger partial charge on any atom is 0.321 e. The Morgan fingerprint density at radius 2 is 1.57 bits per heavy atom. The maximum absolute atomic E-state index is 13.0. The Labute approximate surface area is 139 Å². The first-order valence-corrected chi connectivity index (χ1v) is 7.81. The number of anilines is 2. The average molecular weight is 334 g/mol. The highest BCUT2D eigenvalue weighted by molar-refractivity contribution is 6.30. The number of carbonyl (C=O) groups excluding carboxylic acids is 1. The second kappa shape index (κ2) is 6.87. The van der Waals surface area contributed by atoms with E-state index in [1.807, 2.05) is 0 Å². The van der Waals surface area contributed by atoms with E-state index in [9.17, 15) is 9.18 Å². The van der Waals surface area contributed by atoms with Crippen molar-refractivity contribution in [2.45, 2.75) is 0 Å². The van der Waals surface area contributed by atoms with Crippen LogP contribution in [0.25, 0.3) is 0 Å². The van der Waals surface area contributed by atoms with Crippen LogP contribution in [-0.2, 0) is 0 Å². The van der Waals surface area contributed by atoms with Crippen LogP contribution in [0.15, 0.2) is 48.5 Å². The van der Waals surface area contributed by atoms with E-state index in [2.05, 4.69) is 10.2 Å². The molecule has 0 radical (unpaired) electrons. The van der Waals surface area contributed by atoms with Gasteiger partial charge in [-0.2, -0.15) is 0 Å². The van der Waals surface area contributed by atoms with Crippen LogP contribution in [0, 0.1) is 5.82 Å². The highest BCUT2D eigenvalue weighted by Crippen LogP contribution is 2.18. The normalized spacial score (nSPS) is 14.7. The van der Waals surface area contributed by atoms with Crippen molar-refractivity contribution in [3.8, 4) is 0 Å². The van der Waals surface area contributed by atoms with Crippen molar-refractivity contribution in [2.75, 3.05) is 36.4 Å². The molecule has 0 spiro atoms. The smallest absolute Gasteiger partial charge is 0.321 e. The number of piperazine rings is 1. The van der Waals surface area contributed by atoms with E-state index in [1.54, 1.807) is 41.3 Å². The second-order valence-electron chi connectivity index (χ2n) is 5.39. The SMILES string of the molecule is O=C(Nc1ccc(Cl)cc1)N1CCN(c2ccc(F)cc2)CC1. The third-order valence-corrected chi connectivity index (χ3v) is 4.11. The Hall–Kier alpha value is -2.27. The van der Waals surface area contributed by atoms with Gasteiger partial charge >= 0.3 is 6.03 Å². The summed E-state index contributed by atoms with van der Waals surface area (Å²) in [4.78, 5) is 16.2. The Kier molecular flexibility index (Phi) is 4.67. The molecule has 2 aromatic carbocycles. The quantitative estimate of drug-likeness (QED) is 0.906. The van der Waals surface area contributed by atoms with Crippen molar-refractivity contribution < 1.29 is 9.18 Å². The molecule has 1 aliphatic rings.